The lowest BCUT2D eigenvalue weighted by molar-refractivity contribution is -0.115. The molecule has 0 aliphatic heterocycles. The molecule has 23 heavy (non-hydrogen) atoms. The summed E-state index contributed by atoms with van der Waals surface area (Å²) in [5.41, 5.74) is 7.48. The van der Waals surface area contributed by atoms with Crippen LogP contribution in [0.5, 0.6) is 5.75 Å². The van der Waals surface area contributed by atoms with Crippen LogP contribution in [-0.2, 0) is 16.0 Å². The van der Waals surface area contributed by atoms with Crippen LogP contribution in [0.15, 0.2) is 42.6 Å². The van der Waals surface area contributed by atoms with E-state index >= 15 is 0 Å². The number of carbonyl (C=O) groups is 1. The SMILES string of the molecule is COCCOc1cccc(NC(=O)Cc2ccc(N)cn2)c1.Cl. The number of hydrogen-bond acceptors (Lipinski definition) is 5. The van der Waals surface area contributed by atoms with Crippen molar-refractivity contribution < 1.29 is 14.3 Å². The zero-order valence-electron chi connectivity index (χ0n) is 12.8. The Kier molecular flexibility index (Phi) is 7.87. The summed E-state index contributed by atoms with van der Waals surface area (Å²) in [5, 5.41) is 2.81. The van der Waals surface area contributed by atoms with E-state index in [0.717, 1.165) is 0 Å². The third kappa shape index (κ3) is 6.54. The van der Waals surface area contributed by atoms with Crippen molar-refractivity contribution >= 4 is 29.7 Å². The van der Waals surface area contributed by atoms with E-state index in [-0.39, 0.29) is 24.7 Å². The standard InChI is InChI=1S/C16H19N3O3.ClH/c1-21-7-8-22-15-4-2-3-14(9-15)19-16(20)10-13-6-5-12(17)11-18-13;/h2-6,9,11H,7-8,10,17H2,1H3,(H,19,20);1H. The molecule has 7 heteroatoms. The number of ether oxygens (including phenoxy) is 2. The molecule has 1 amide bonds. The lowest BCUT2D eigenvalue weighted by Crippen LogP contribution is -2.15. The Balaban J connectivity index is 0.00000264. The first-order valence-corrected chi connectivity index (χ1v) is 6.89. The van der Waals surface area contributed by atoms with Crippen LogP contribution >= 0.6 is 12.4 Å². The van der Waals surface area contributed by atoms with Gasteiger partial charge in [-0.2, -0.15) is 0 Å². The van der Waals surface area contributed by atoms with Crippen molar-refractivity contribution in [3.8, 4) is 5.75 Å². The average Bonchev–Trinajstić information content (AvgIpc) is 2.50. The molecular formula is C16H20ClN3O3. The summed E-state index contributed by atoms with van der Waals surface area (Å²) in [6.45, 7) is 0.975. The third-order valence-corrected chi connectivity index (χ3v) is 2.86. The van der Waals surface area contributed by atoms with Crippen LogP contribution in [0.3, 0.4) is 0 Å². The van der Waals surface area contributed by atoms with E-state index in [0.29, 0.717) is 36.0 Å². The first kappa shape index (κ1) is 18.7. The molecule has 3 N–H and O–H groups in total. The summed E-state index contributed by atoms with van der Waals surface area (Å²) in [6, 6.07) is 10.7. The topological polar surface area (TPSA) is 86.5 Å². The number of rotatable bonds is 7. The summed E-state index contributed by atoms with van der Waals surface area (Å²) in [7, 11) is 1.62. The van der Waals surface area contributed by atoms with E-state index in [9.17, 15) is 4.79 Å². The van der Waals surface area contributed by atoms with Gasteiger partial charge in [0, 0.05) is 24.6 Å². The molecule has 0 fully saturated rings. The van der Waals surface area contributed by atoms with Gasteiger partial charge in [-0.25, -0.2) is 0 Å². The van der Waals surface area contributed by atoms with E-state index in [4.69, 9.17) is 15.2 Å². The van der Waals surface area contributed by atoms with Crippen LogP contribution in [0.1, 0.15) is 5.69 Å². The van der Waals surface area contributed by atoms with Crippen LogP contribution in [0.4, 0.5) is 11.4 Å². The predicted octanol–water partition coefficient (Wildman–Crippen LogP) is 2.29. The summed E-state index contributed by atoms with van der Waals surface area (Å²) in [4.78, 5) is 16.1. The number of hydrogen-bond donors (Lipinski definition) is 2. The Morgan fingerprint density at radius 3 is 2.78 bits per heavy atom. The van der Waals surface area contributed by atoms with E-state index < -0.39 is 0 Å². The van der Waals surface area contributed by atoms with Gasteiger partial charge in [-0.1, -0.05) is 6.07 Å². The second-order valence-corrected chi connectivity index (χ2v) is 4.68. The number of anilines is 2. The number of carbonyl (C=O) groups excluding carboxylic acids is 1. The van der Waals surface area contributed by atoms with Gasteiger partial charge in [-0.3, -0.25) is 9.78 Å². The molecule has 0 aliphatic carbocycles. The van der Waals surface area contributed by atoms with Gasteiger partial charge < -0.3 is 20.5 Å². The molecule has 1 heterocycles. The van der Waals surface area contributed by atoms with E-state index in [1.165, 1.54) is 6.20 Å². The molecule has 124 valence electrons. The largest absolute Gasteiger partial charge is 0.491 e. The molecule has 6 nitrogen and oxygen atoms in total. The van der Waals surface area contributed by atoms with Gasteiger partial charge in [0.2, 0.25) is 5.91 Å². The monoisotopic (exact) mass is 337 g/mol. The van der Waals surface area contributed by atoms with Crippen LogP contribution < -0.4 is 15.8 Å². The molecule has 0 saturated heterocycles. The minimum atomic E-state index is -0.147. The van der Waals surface area contributed by atoms with E-state index in [1.807, 2.05) is 12.1 Å². The van der Waals surface area contributed by atoms with Crippen molar-refractivity contribution in [2.45, 2.75) is 6.42 Å². The van der Waals surface area contributed by atoms with Crippen LogP contribution in [-0.4, -0.2) is 31.2 Å². The Labute approximate surface area is 141 Å². The number of nitrogens with one attached hydrogen (secondary N) is 1. The lowest BCUT2D eigenvalue weighted by Gasteiger charge is -2.09. The predicted molar refractivity (Wildman–Crippen MR) is 92.0 cm³/mol. The first-order chi connectivity index (χ1) is 10.7. The Morgan fingerprint density at radius 2 is 2.09 bits per heavy atom. The molecule has 0 radical (unpaired) electrons. The highest BCUT2D eigenvalue weighted by Gasteiger charge is 2.06. The highest BCUT2D eigenvalue weighted by Crippen LogP contribution is 2.17. The number of nitrogen functional groups attached to an aromatic ring is 1. The van der Waals surface area contributed by atoms with E-state index in [1.54, 1.807) is 31.4 Å². The van der Waals surface area contributed by atoms with Crippen LogP contribution in [0, 0.1) is 0 Å². The van der Waals surface area contributed by atoms with Gasteiger partial charge in [0.05, 0.1) is 24.9 Å². The van der Waals surface area contributed by atoms with E-state index in [2.05, 4.69) is 10.3 Å². The zero-order chi connectivity index (χ0) is 15.8. The van der Waals surface area contributed by atoms with Crippen molar-refractivity contribution in [2.75, 3.05) is 31.4 Å². The number of halogens is 1. The highest BCUT2D eigenvalue weighted by molar-refractivity contribution is 5.92. The maximum Gasteiger partial charge on any atom is 0.230 e. The van der Waals surface area contributed by atoms with Crippen molar-refractivity contribution in [2.24, 2.45) is 0 Å². The minimum absolute atomic E-state index is 0. The minimum Gasteiger partial charge on any atom is -0.491 e. The highest BCUT2D eigenvalue weighted by atomic mass is 35.5. The molecule has 0 bridgehead atoms. The number of benzene rings is 1. The second kappa shape index (κ2) is 9.66. The second-order valence-electron chi connectivity index (χ2n) is 4.68. The molecular weight excluding hydrogens is 318 g/mol. The van der Waals surface area contributed by atoms with Crippen molar-refractivity contribution in [1.82, 2.24) is 4.98 Å². The average molecular weight is 338 g/mol. The molecule has 0 atom stereocenters. The van der Waals surface area contributed by atoms with Crippen molar-refractivity contribution in [1.29, 1.82) is 0 Å². The fourth-order valence-electron chi connectivity index (χ4n) is 1.82. The quantitative estimate of drug-likeness (QED) is 0.757. The Morgan fingerprint density at radius 1 is 1.26 bits per heavy atom. The molecule has 0 saturated carbocycles. The van der Waals surface area contributed by atoms with Crippen LogP contribution in [0.2, 0.25) is 0 Å². The molecule has 0 aliphatic rings. The van der Waals surface area contributed by atoms with Gasteiger partial charge in [0.25, 0.3) is 0 Å². The smallest absolute Gasteiger partial charge is 0.230 e. The Bertz CT molecular complexity index is 620. The number of methoxy groups -OCH3 is 1. The van der Waals surface area contributed by atoms with Gasteiger partial charge in [-0.05, 0) is 24.3 Å². The van der Waals surface area contributed by atoms with Gasteiger partial charge in [-0.15, -0.1) is 12.4 Å². The summed E-state index contributed by atoms with van der Waals surface area (Å²) < 4.78 is 10.4. The molecule has 1 aromatic carbocycles. The summed E-state index contributed by atoms with van der Waals surface area (Å²) in [5.74, 6) is 0.534. The van der Waals surface area contributed by atoms with Gasteiger partial charge in [0.15, 0.2) is 0 Å². The number of aromatic nitrogens is 1. The molecule has 1 aromatic heterocycles. The van der Waals surface area contributed by atoms with Gasteiger partial charge in [0.1, 0.15) is 12.4 Å². The third-order valence-electron chi connectivity index (χ3n) is 2.86. The maximum atomic E-state index is 12.0. The number of amides is 1. The molecule has 2 rings (SSSR count). The lowest BCUT2D eigenvalue weighted by atomic mass is 10.2. The van der Waals surface area contributed by atoms with Crippen molar-refractivity contribution in [3.05, 3.63) is 48.3 Å². The molecule has 2 aromatic rings. The van der Waals surface area contributed by atoms with Crippen LogP contribution in [0.25, 0.3) is 0 Å². The fourth-order valence-corrected chi connectivity index (χ4v) is 1.82. The molecule has 0 unspecified atom stereocenters. The number of nitrogens with two attached hydrogens (primary N) is 1. The number of pyridine rings is 1. The number of nitrogens with zero attached hydrogens (tertiary/aromatic N) is 1. The Hall–Kier alpha value is -2.31. The molecule has 0 spiro atoms. The maximum absolute atomic E-state index is 12.0. The summed E-state index contributed by atoms with van der Waals surface area (Å²) >= 11 is 0. The summed E-state index contributed by atoms with van der Waals surface area (Å²) in [6.07, 6.45) is 1.72. The fraction of sp³-hybridized carbons (Fsp3) is 0.250. The normalized spacial score (nSPS) is 9.78. The zero-order valence-corrected chi connectivity index (χ0v) is 13.6. The first-order valence-electron chi connectivity index (χ1n) is 6.89. The van der Waals surface area contributed by atoms with Gasteiger partial charge >= 0.3 is 0 Å². The van der Waals surface area contributed by atoms with Crippen molar-refractivity contribution in [3.63, 3.8) is 0 Å².